The third-order valence-corrected chi connectivity index (χ3v) is 3.60. The minimum absolute atomic E-state index is 0.153. The van der Waals surface area contributed by atoms with Crippen LogP contribution in [0.15, 0.2) is 30.3 Å². The SMILES string of the molecule is CCOC(=O)CC1CCN(Cc2ccccc2)CC1=O. The molecule has 0 saturated carbocycles. The number of esters is 1. The zero-order valence-corrected chi connectivity index (χ0v) is 11.9. The van der Waals surface area contributed by atoms with Gasteiger partial charge in [0.1, 0.15) is 0 Å². The second-order valence-electron chi connectivity index (χ2n) is 5.16. The molecule has 0 aliphatic carbocycles. The van der Waals surface area contributed by atoms with Crippen molar-refractivity contribution in [2.45, 2.75) is 26.3 Å². The van der Waals surface area contributed by atoms with Gasteiger partial charge in [0.2, 0.25) is 0 Å². The number of likely N-dealkylation sites (tertiary alicyclic amines) is 1. The molecule has 1 fully saturated rings. The second-order valence-corrected chi connectivity index (χ2v) is 5.16. The van der Waals surface area contributed by atoms with Crippen LogP contribution in [0.25, 0.3) is 0 Å². The van der Waals surface area contributed by atoms with Gasteiger partial charge in [0.05, 0.1) is 19.6 Å². The van der Waals surface area contributed by atoms with Crippen LogP contribution >= 0.6 is 0 Å². The van der Waals surface area contributed by atoms with Gasteiger partial charge in [-0.15, -0.1) is 0 Å². The van der Waals surface area contributed by atoms with Gasteiger partial charge >= 0.3 is 5.97 Å². The number of piperidine rings is 1. The minimum atomic E-state index is -0.262. The highest BCUT2D eigenvalue weighted by Gasteiger charge is 2.29. The van der Waals surface area contributed by atoms with Crippen molar-refractivity contribution in [3.8, 4) is 0 Å². The molecular weight excluding hydrogens is 254 g/mol. The summed E-state index contributed by atoms with van der Waals surface area (Å²) in [6.07, 6.45) is 0.969. The van der Waals surface area contributed by atoms with Crippen LogP contribution in [0.4, 0.5) is 0 Å². The Kier molecular flexibility index (Phi) is 5.30. The molecule has 1 aliphatic heterocycles. The Hall–Kier alpha value is -1.68. The summed E-state index contributed by atoms with van der Waals surface area (Å²) in [6.45, 7) is 4.23. The summed E-state index contributed by atoms with van der Waals surface area (Å²) in [5.74, 6) is -0.274. The maximum absolute atomic E-state index is 12.1. The van der Waals surface area contributed by atoms with Crippen molar-refractivity contribution in [1.29, 1.82) is 0 Å². The number of carbonyl (C=O) groups excluding carboxylic acids is 2. The third-order valence-electron chi connectivity index (χ3n) is 3.60. The summed E-state index contributed by atoms with van der Waals surface area (Å²) in [5, 5.41) is 0. The molecule has 1 aromatic carbocycles. The van der Waals surface area contributed by atoms with E-state index in [-0.39, 0.29) is 24.1 Å². The van der Waals surface area contributed by atoms with Gasteiger partial charge in [0.25, 0.3) is 0 Å². The van der Waals surface area contributed by atoms with E-state index in [1.807, 2.05) is 18.2 Å². The fraction of sp³-hybridized carbons (Fsp3) is 0.500. The molecule has 1 unspecified atom stereocenters. The summed E-state index contributed by atoms with van der Waals surface area (Å²) in [5.41, 5.74) is 1.21. The largest absolute Gasteiger partial charge is 0.466 e. The summed E-state index contributed by atoms with van der Waals surface area (Å²) >= 11 is 0. The molecule has 2 rings (SSSR count). The number of nitrogens with zero attached hydrogens (tertiary/aromatic N) is 1. The number of rotatable bonds is 5. The molecule has 0 spiro atoms. The molecular formula is C16H21NO3. The zero-order valence-electron chi connectivity index (χ0n) is 11.9. The molecule has 1 saturated heterocycles. The van der Waals surface area contributed by atoms with Crippen LogP contribution in [-0.2, 0) is 20.9 Å². The number of carbonyl (C=O) groups is 2. The number of benzene rings is 1. The Morgan fingerprint density at radius 2 is 2.10 bits per heavy atom. The molecule has 4 nitrogen and oxygen atoms in total. The maximum atomic E-state index is 12.1. The standard InChI is InChI=1S/C16H21NO3/c1-2-20-16(19)10-14-8-9-17(12-15(14)18)11-13-6-4-3-5-7-13/h3-7,14H,2,8-12H2,1H3. The molecule has 1 atom stereocenters. The summed E-state index contributed by atoms with van der Waals surface area (Å²) in [4.78, 5) is 25.7. The predicted octanol–water partition coefficient (Wildman–Crippen LogP) is 2.03. The van der Waals surface area contributed by atoms with Crippen molar-refractivity contribution in [1.82, 2.24) is 4.90 Å². The van der Waals surface area contributed by atoms with Crippen LogP contribution in [0.2, 0.25) is 0 Å². The van der Waals surface area contributed by atoms with Crippen molar-refractivity contribution >= 4 is 11.8 Å². The van der Waals surface area contributed by atoms with Gasteiger partial charge in [0.15, 0.2) is 5.78 Å². The molecule has 0 bridgehead atoms. The number of ether oxygens (including phenoxy) is 1. The van der Waals surface area contributed by atoms with Crippen molar-refractivity contribution in [3.63, 3.8) is 0 Å². The van der Waals surface area contributed by atoms with Gasteiger partial charge in [-0.05, 0) is 25.5 Å². The van der Waals surface area contributed by atoms with E-state index in [0.29, 0.717) is 13.2 Å². The molecule has 1 aromatic rings. The lowest BCUT2D eigenvalue weighted by molar-refractivity contribution is -0.147. The summed E-state index contributed by atoms with van der Waals surface area (Å²) < 4.78 is 4.91. The van der Waals surface area contributed by atoms with E-state index in [4.69, 9.17) is 4.74 Å². The smallest absolute Gasteiger partial charge is 0.306 e. The van der Waals surface area contributed by atoms with Crippen LogP contribution in [0, 0.1) is 5.92 Å². The van der Waals surface area contributed by atoms with Crippen molar-refractivity contribution in [3.05, 3.63) is 35.9 Å². The van der Waals surface area contributed by atoms with Crippen molar-refractivity contribution in [2.24, 2.45) is 5.92 Å². The first-order chi connectivity index (χ1) is 9.69. The monoisotopic (exact) mass is 275 g/mol. The first-order valence-electron chi connectivity index (χ1n) is 7.13. The Morgan fingerprint density at radius 1 is 1.35 bits per heavy atom. The van der Waals surface area contributed by atoms with Crippen LogP contribution in [0.5, 0.6) is 0 Å². The van der Waals surface area contributed by atoms with E-state index in [1.165, 1.54) is 5.56 Å². The second kappa shape index (κ2) is 7.20. The summed E-state index contributed by atoms with van der Waals surface area (Å²) in [7, 11) is 0. The lowest BCUT2D eigenvalue weighted by Gasteiger charge is -2.30. The first-order valence-corrected chi connectivity index (χ1v) is 7.13. The van der Waals surface area contributed by atoms with E-state index < -0.39 is 0 Å². The van der Waals surface area contributed by atoms with Gasteiger partial charge in [-0.25, -0.2) is 0 Å². The van der Waals surface area contributed by atoms with E-state index in [2.05, 4.69) is 17.0 Å². The summed E-state index contributed by atoms with van der Waals surface area (Å²) in [6, 6.07) is 10.1. The maximum Gasteiger partial charge on any atom is 0.306 e. The highest BCUT2D eigenvalue weighted by Crippen LogP contribution is 2.19. The molecule has 4 heteroatoms. The Morgan fingerprint density at radius 3 is 2.75 bits per heavy atom. The fourth-order valence-electron chi connectivity index (χ4n) is 2.54. The van der Waals surface area contributed by atoms with Crippen molar-refractivity contribution < 1.29 is 14.3 Å². The topological polar surface area (TPSA) is 46.6 Å². The van der Waals surface area contributed by atoms with Gasteiger partial charge in [-0.3, -0.25) is 14.5 Å². The van der Waals surface area contributed by atoms with Crippen LogP contribution in [0.1, 0.15) is 25.3 Å². The lowest BCUT2D eigenvalue weighted by Crippen LogP contribution is -2.41. The average Bonchev–Trinajstić information content (AvgIpc) is 2.43. The molecule has 1 aliphatic rings. The molecule has 0 radical (unpaired) electrons. The molecule has 0 aromatic heterocycles. The van der Waals surface area contributed by atoms with E-state index >= 15 is 0 Å². The molecule has 0 amide bonds. The van der Waals surface area contributed by atoms with Gasteiger partial charge < -0.3 is 4.74 Å². The molecule has 108 valence electrons. The molecule has 20 heavy (non-hydrogen) atoms. The highest BCUT2D eigenvalue weighted by atomic mass is 16.5. The minimum Gasteiger partial charge on any atom is -0.466 e. The number of Topliss-reactive ketones (excluding diaryl/α,β-unsaturated/α-hetero) is 1. The van der Waals surface area contributed by atoms with Crippen molar-refractivity contribution in [2.75, 3.05) is 19.7 Å². The first kappa shape index (κ1) is 14.7. The highest BCUT2D eigenvalue weighted by molar-refractivity contribution is 5.87. The van der Waals surface area contributed by atoms with Gasteiger partial charge in [-0.1, -0.05) is 30.3 Å². The Labute approximate surface area is 119 Å². The van der Waals surface area contributed by atoms with Crippen LogP contribution in [-0.4, -0.2) is 36.3 Å². The molecule has 0 N–H and O–H groups in total. The fourth-order valence-corrected chi connectivity index (χ4v) is 2.54. The number of hydrogen-bond donors (Lipinski definition) is 0. The Bertz CT molecular complexity index is 458. The van der Waals surface area contributed by atoms with E-state index in [9.17, 15) is 9.59 Å². The zero-order chi connectivity index (χ0) is 14.4. The van der Waals surface area contributed by atoms with E-state index in [0.717, 1.165) is 19.5 Å². The normalized spacial score (nSPS) is 19.9. The van der Waals surface area contributed by atoms with Gasteiger partial charge in [0, 0.05) is 12.5 Å². The van der Waals surface area contributed by atoms with Crippen LogP contribution < -0.4 is 0 Å². The average molecular weight is 275 g/mol. The van der Waals surface area contributed by atoms with Crippen LogP contribution in [0.3, 0.4) is 0 Å². The van der Waals surface area contributed by atoms with E-state index in [1.54, 1.807) is 6.92 Å². The number of hydrogen-bond acceptors (Lipinski definition) is 4. The Balaban J connectivity index is 1.83. The lowest BCUT2D eigenvalue weighted by atomic mass is 9.92. The molecule has 1 heterocycles. The van der Waals surface area contributed by atoms with Gasteiger partial charge in [-0.2, -0.15) is 0 Å². The third kappa shape index (κ3) is 4.17. The quantitative estimate of drug-likeness (QED) is 0.771. The predicted molar refractivity (Wildman–Crippen MR) is 76.1 cm³/mol. The number of ketones is 1.